The summed E-state index contributed by atoms with van der Waals surface area (Å²) in [5.74, 6) is -0.335. The van der Waals surface area contributed by atoms with Gasteiger partial charge in [0.2, 0.25) is 0 Å². The maximum Gasteiger partial charge on any atom is 0.291 e. The monoisotopic (exact) mass is 494 g/mol. The second kappa shape index (κ2) is 6.92. The maximum absolute atomic E-state index is 11.7. The molecule has 0 radical (unpaired) electrons. The molecule has 2 aromatic rings. The third kappa shape index (κ3) is 3.85. The molecular formula is C12H8I2N4O2. The lowest BCUT2D eigenvalue weighted by Crippen LogP contribution is -2.19. The van der Waals surface area contributed by atoms with Crippen LogP contribution in [0.15, 0.2) is 35.8 Å². The van der Waals surface area contributed by atoms with Gasteiger partial charge < -0.3 is 5.11 Å². The molecule has 1 amide bonds. The number of rotatable bonds is 3. The zero-order chi connectivity index (χ0) is 14.5. The number of nitrogens with zero attached hydrogens (tertiary/aromatic N) is 3. The average molecular weight is 494 g/mol. The molecule has 2 N–H and O–H groups in total. The number of aromatic hydroxyl groups is 1. The summed E-state index contributed by atoms with van der Waals surface area (Å²) in [6.07, 6.45) is 5.63. The quantitative estimate of drug-likeness (QED) is 0.389. The number of benzene rings is 1. The zero-order valence-corrected chi connectivity index (χ0v) is 14.2. The number of amides is 1. The van der Waals surface area contributed by atoms with Crippen molar-refractivity contribution in [1.29, 1.82) is 0 Å². The average Bonchev–Trinajstić information content (AvgIpc) is 2.44. The lowest BCUT2D eigenvalue weighted by Gasteiger charge is -2.03. The highest BCUT2D eigenvalue weighted by Gasteiger charge is 2.07. The smallest absolute Gasteiger partial charge is 0.291 e. The number of phenols is 1. The summed E-state index contributed by atoms with van der Waals surface area (Å²) in [5.41, 5.74) is 3.03. The molecule has 8 heteroatoms. The highest BCUT2D eigenvalue weighted by atomic mass is 127. The predicted molar refractivity (Wildman–Crippen MR) is 90.6 cm³/mol. The van der Waals surface area contributed by atoms with Crippen molar-refractivity contribution in [3.8, 4) is 5.75 Å². The van der Waals surface area contributed by atoms with E-state index in [-0.39, 0.29) is 11.4 Å². The van der Waals surface area contributed by atoms with Crippen molar-refractivity contribution in [3.05, 3.63) is 49.1 Å². The van der Waals surface area contributed by atoms with Gasteiger partial charge in [0, 0.05) is 21.5 Å². The summed E-state index contributed by atoms with van der Waals surface area (Å²) in [6.45, 7) is 0. The third-order valence-corrected chi connectivity index (χ3v) is 3.67. The first-order chi connectivity index (χ1) is 9.58. The fourth-order valence-electron chi connectivity index (χ4n) is 1.32. The number of hydrazone groups is 1. The first kappa shape index (κ1) is 15.1. The van der Waals surface area contributed by atoms with E-state index in [2.05, 4.69) is 43.1 Å². The van der Waals surface area contributed by atoms with Crippen molar-refractivity contribution >= 4 is 57.3 Å². The van der Waals surface area contributed by atoms with Crippen LogP contribution in [0.3, 0.4) is 0 Å². The van der Waals surface area contributed by atoms with Crippen molar-refractivity contribution in [2.24, 2.45) is 5.10 Å². The van der Waals surface area contributed by atoms with Gasteiger partial charge >= 0.3 is 0 Å². The highest BCUT2D eigenvalue weighted by Crippen LogP contribution is 2.25. The Balaban J connectivity index is 2.10. The van der Waals surface area contributed by atoms with Gasteiger partial charge in [-0.2, -0.15) is 5.10 Å². The van der Waals surface area contributed by atoms with Gasteiger partial charge in [-0.15, -0.1) is 0 Å². The molecule has 0 aliphatic heterocycles. The van der Waals surface area contributed by atoms with Crippen molar-refractivity contribution < 1.29 is 9.90 Å². The van der Waals surface area contributed by atoms with Gasteiger partial charge in [-0.25, -0.2) is 10.4 Å². The molecule has 2 rings (SSSR count). The molecule has 0 saturated carbocycles. The number of hydrogen-bond acceptors (Lipinski definition) is 5. The fraction of sp³-hybridized carbons (Fsp3) is 0. The minimum Gasteiger partial charge on any atom is -0.506 e. The molecule has 1 heterocycles. The minimum absolute atomic E-state index is 0.128. The van der Waals surface area contributed by atoms with Crippen LogP contribution >= 0.6 is 45.2 Å². The lowest BCUT2D eigenvalue weighted by atomic mass is 10.2. The van der Waals surface area contributed by atoms with Gasteiger partial charge in [-0.3, -0.25) is 9.78 Å². The standard InChI is InChI=1S/C12H8I2N4O2/c13-8-3-7(11(19)9(14)4-8)5-17-18-12(20)10-6-15-1-2-16-10/h1-6,19H,(H,18,20)/b17-5-. The first-order valence-electron chi connectivity index (χ1n) is 5.35. The van der Waals surface area contributed by atoms with Gasteiger partial charge in [0.15, 0.2) is 0 Å². The van der Waals surface area contributed by atoms with Crippen LogP contribution in [0.4, 0.5) is 0 Å². The number of carbonyl (C=O) groups is 1. The van der Waals surface area contributed by atoms with Crippen molar-refractivity contribution in [2.45, 2.75) is 0 Å². The number of nitrogens with one attached hydrogen (secondary N) is 1. The molecule has 0 fully saturated rings. The van der Waals surface area contributed by atoms with Gasteiger partial charge in [-0.1, -0.05) is 0 Å². The Morgan fingerprint density at radius 1 is 1.35 bits per heavy atom. The predicted octanol–water partition coefficient (Wildman–Crippen LogP) is 2.16. The molecule has 0 bridgehead atoms. The summed E-state index contributed by atoms with van der Waals surface area (Å²) in [6, 6.07) is 3.60. The molecule has 0 unspecified atom stereocenters. The molecule has 20 heavy (non-hydrogen) atoms. The zero-order valence-electron chi connectivity index (χ0n) is 9.92. The Morgan fingerprint density at radius 3 is 2.85 bits per heavy atom. The van der Waals surface area contributed by atoms with Gasteiger partial charge in [0.25, 0.3) is 5.91 Å². The number of halogens is 2. The Kier molecular flexibility index (Phi) is 5.23. The summed E-state index contributed by atoms with van der Waals surface area (Å²) in [4.78, 5) is 19.3. The van der Waals surface area contributed by atoms with E-state index >= 15 is 0 Å². The molecular weight excluding hydrogens is 486 g/mol. The topological polar surface area (TPSA) is 87.5 Å². The Morgan fingerprint density at radius 2 is 2.15 bits per heavy atom. The summed E-state index contributed by atoms with van der Waals surface area (Å²) in [7, 11) is 0. The van der Waals surface area contributed by atoms with Crippen LogP contribution in [0.25, 0.3) is 0 Å². The van der Waals surface area contributed by atoms with Crippen LogP contribution in [0.2, 0.25) is 0 Å². The van der Waals surface area contributed by atoms with E-state index in [1.54, 1.807) is 6.07 Å². The van der Waals surface area contributed by atoms with Gasteiger partial charge in [-0.05, 0) is 57.3 Å². The van der Waals surface area contributed by atoms with Crippen LogP contribution in [0.1, 0.15) is 16.1 Å². The first-order valence-corrected chi connectivity index (χ1v) is 7.51. The maximum atomic E-state index is 11.7. The fourth-order valence-corrected chi connectivity index (χ4v) is 3.21. The van der Waals surface area contributed by atoms with Crippen molar-refractivity contribution in [2.75, 3.05) is 0 Å². The van der Waals surface area contributed by atoms with Crippen LogP contribution in [0, 0.1) is 7.14 Å². The van der Waals surface area contributed by atoms with Gasteiger partial charge in [0.05, 0.1) is 16.0 Å². The lowest BCUT2D eigenvalue weighted by molar-refractivity contribution is 0.0949. The third-order valence-electron chi connectivity index (χ3n) is 2.22. The second-order valence-corrected chi connectivity index (χ2v) is 6.02. The molecule has 1 aromatic carbocycles. The molecule has 6 nitrogen and oxygen atoms in total. The SMILES string of the molecule is O=C(N/N=C\c1cc(I)cc(I)c1O)c1cnccn1. The van der Waals surface area contributed by atoms with E-state index < -0.39 is 5.91 Å². The van der Waals surface area contributed by atoms with Crippen LogP contribution in [0.5, 0.6) is 5.75 Å². The summed E-state index contributed by atoms with van der Waals surface area (Å²) >= 11 is 4.17. The Hall–Kier alpha value is -1.30. The molecule has 0 saturated heterocycles. The molecule has 0 spiro atoms. The molecule has 0 atom stereocenters. The van der Waals surface area contributed by atoms with Crippen molar-refractivity contribution in [1.82, 2.24) is 15.4 Å². The van der Waals surface area contributed by atoms with Gasteiger partial charge in [0.1, 0.15) is 11.4 Å². The molecule has 102 valence electrons. The highest BCUT2D eigenvalue weighted by molar-refractivity contribution is 14.1. The molecule has 1 aromatic heterocycles. The van der Waals surface area contributed by atoms with Crippen LogP contribution in [-0.4, -0.2) is 27.2 Å². The molecule has 0 aliphatic carbocycles. The van der Waals surface area contributed by atoms with Crippen LogP contribution in [-0.2, 0) is 0 Å². The minimum atomic E-state index is -0.464. The second-order valence-electron chi connectivity index (χ2n) is 3.62. The Bertz CT molecular complexity index is 662. The van der Waals surface area contributed by atoms with Crippen LogP contribution < -0.4 is 5.43 Å². The Labute approximate surface area is 142 Å². The summed E-state index contributed by atoms with van der Waals surface area (Å²) in [5, 5.41) is 13.7. The van der Waals surface area contributed by atoms with E-state index in [9.17, 15) is 9.90 Å². The normalized spacial score (nSPS) is 10.7. The largest absolute Gasteiger partial charge is 0.506 e. The van der Waals surface area contributed by atoms with E-state index in [0.29, 0.717) is 5.56 Å². The van der Waals surface area contributed by atoms with E-state index in [1.807, 2.05) is 28.7 Å². The van der Waals surface area contributed by atoms with E-state index in [4.69, 9.17) is 0 Å². The number of aromatic nitrogens is 2. The number of carbonyl (C=O) groups excluding carboxylic acids is 1. The molecule has 0 aliphatic rings. The van der Waals surface area contributed by atoms with Crippen molar-refractivity contribution in [3.63, 3.8) is 0 Å². The van der Waals surface area contributed by atoms with E-state index in [1.165, 1.54) is 24.8 Å². The number of hydrogen-bond donors (Lipinski definition) is 2. The summed E-state index contributed by atoms with van der Waals surface area (Å²) < 4.78 is 1.68. The number of phenolic OH excluding ortho intramolecular Hbond substituents is 1. The van der Waals surface area contributed by atoms with E-state index in [0.717, 1.165) is 7.14 Å².